The normalized spacial score (nSPS) is 15.6. The Hall–Kier alpha value is -2.37. The van der Waals surface area contributed by atoms with Gasteiger partial charge in [-0.15, -0.1) is 0 Å². The van der Waals surface area contributed by atoms with Crippen molar-refractivity contribution in [2.45, 2.75) is 45.4 Å². The van der Waals surface area contributed by atoms with Gasteiger partial charge < -0.3 is 14.2 Å². The van der Waals surface area contributed by atoms with E-state index in [0.717, 1.165) is 30.0 Å². The summed E-state index contributed by atoms with van der Waals surface area (Å²) in [6.45, 7) is 7.56. The standard InChI is InChI=1S/C19H25N3O3/c1-13(2)18-20-19(25-21-18)15-7-9-22(10-8-15)17(23)12-24-16-6-4-5-14(3)11-16/h4-6,11,13,15H,7-10,12H2,1-3H3. The number of aryl methyl sites for hydroxylation is 1. The summed E-state index contributed by atoms with van der Waals surface area (Å²) in [5.41, 5.74) is 1.12. The molecule has 1 aromatic heterocycles. The Morgan fingerprint density at radius 2 is 2.12 bits per heavy atom. The van der Waals surface area contributed by atoms with Gasteiger partial charge in [-0.25, -0.2) is 0 Å². The highest BCUT2D eigenvalue weighted by Gasteiger charge is 2.27. The second-order valence-corrected chi connectivity index (χ2v) is 6.91. The fraction of sp³-hybridized carbons (Fsp3) is 0.526. The number of aromatic nitrogens is 2. The first-order valence-corrected chi connectivity index (χ1v) is 8.83. The molecule has 0 spiro atoms. The lowest BCUT2D eigenvalue weighted by Crippen LogP contribution is -2.40. The first kappa shape index (κ1) is 17.5. The Balaban J connectivity index is 1.48. The molecule has 3 rings (SSSR count). The van der Waals surface area contributed by atoms with Gasteiger partial charge in [-0.3, -0.25) is 4.79 Å². The molecular weight excluding hydrogens is 318 g/mol. The van der Waals surface area contributed by atoms with E-state index in [-0.39, 0.29) is 24.3 Å². The van der Waals surface area contributed by atoms with Gasteiger partial charge in [-0.05, 0) is 37.5 Å². The Morgan fingerprint density at radius 3 is 2.76 bits per heavy atom. The van der Waals surface area contributed by atoms with Gasteiger partial charge in [-0.1, -0.05) is 31.1 Å². The molecule has 0 radical (unpaired) electrons. The number of carbonyl (C=O) groups is 1. The van der Waals surface area contributed by atoms with E-state index in [1.807, 2.05) is 49.9 Å². The largest absolute Gasteiger partial charge is 0.484 e. The second-order valence-electron chi connectivity index (χ2n) is 6.91. The van der Waals surface area contributed by atoms with Crippen LogP contribution in [0, 0.1) is 6.92 Å². The lowest BCUT2D eigenvalue weighted by Gasteiger charge is -2.30. The number of nitrogens with zero attached hydrogens (tertiary/aromatic N) is 3. The molecule has 0 aliphatic carbocycles. The molecule has 1 aromatic carbocycles. The van der Waals surface area contributed by atoms with Crippen molar-refractivity contribution < 1.29 is 14.1 Å². The number of likely N-dealkylation sites (tertiary alicyclic amines) is 1. The van der Waals surface area contributed by atoms with E-state index in [2.05, 4.69) is 10.1 Å². The van der Waals surface area contributed by atoms with E-state index in [1.54, 1.807) is 0 Å². The van der Waals surface area contributed by atoms with Crippen LogP contribution >= 0.6 is 0 Å². The van der Waals surface area contributed by atoms with Gasteiger partial charge in [0.2, 0.25) is 5.89 Å². The van der Waals surface area contributed by atoms with Crippen LogP contribution in [0.5, 0.6) is 5.75 Å². The van der Waals surface area contributed by atoms with Crippen LogP contribution in [0.15, 0.2) is 28.8 Å². The highest BCUT2D eigenvalue weighted by molar-refractivity contribution is 5.77. The van der Waals surface area contributed by atoms with Gasteiger partial charge in [0.25, 0.3) is 5.91 Å². The molecule has 0 bridgehead atoms. The lowest BCUT2D eigenvalue weighted by atomic mass is 9.96. The maximum Gasteiger partial charge on any atom is 0.260 e. The summed E-state index contributed by atoms with van der Waals surface area (Å²) in [6.07, 6.45) is 1.69. The van der Waals surface area contributed by atoms with Crippen molar-refractivity contribution in [3.63, 3.8) is 0 Å². The molecule has 0 atom stereocenters. The van der Waals surface area contributed by atoms with Crippen molar-refractivity contribution in [2.75, 3.05) is 19.7 Å². The third kappa shape index (κ3) is 4.38. The summed E-state index contributed by atoms with van der Waals surface area (Å²) in [7, 11) is 0. The molecule has 134 valence electrons. The molecule has 1 fully saturated rings. The summed E-state index contributed by atoms with van der Waals surface area (Å²) < 4.78 is 11.0. The van der Waals surface area contributed by atoms with Gasteiger partial charge in [-0.2, -0.15) is 4.98 Å². The van der Waals surface area contributed by atoms with Crippen LogP contribution in [0.4, 0.5) is 0 Å². The minimum atomic E-state index is 0.0216. The summed E-state index contributed by atoms with van der Waals surface area (Å²) in [5.74, 6) is 2.70. The number of rotatable bonds is 5. The number of piperidine rings is 1. The number of benzene rings is 1. The number of amides is 1. The summed E-state index contributed by atoms with van der Waals surface area (Å²) in [4.78, 5) is 18.7. The van der Waals surface area contributed by atoms with Crippen LogP contribution in [-0.2, 0) is 4.79 Å². The van der Waals surface area contributed by atoms with Crippen LogP contribution in [0.2, 0.25) is 0 Å². The zero-order chi connectivity index (χ0) is 17.8. The maximum atomic E-state index is 12.3. The fourth-order valence-corrected chi connectivity index (χ4v) is 2.96. The quantitative estimate of drug-likeness (QED) is 0.833. The molecule has 25 heavy (non-hydrogen) atoms. The number of ether oxygens (including phenoxy) is 1. The molecule has 1 aliphatic rings. The Kier molecular flexibility index (Phi) is 5.36. The molecule has 1 saturated heterocycles. The highest BCUT2D eigenvalue weighted by Crippen LogP contribution is 2.27. The molecule has 1 amide bonds. The van der Waals surface area contributed by atoms with E-state index in [4.69, 9.17) is 9.26 Å². The van der Waals surface area contributed by atoms with Crippen molar-refractivity contribution in [3.8, 4) is 5.75 Å². The third-order valence-corrected chi connectivity index (χ3v) is 4.52. The minimum Gasteiger partial charge on any atom is -0.484 e. The molecule has 0 unspecified atom stereocenters. The number of hydrogen-bond donors (Lipinski definition) is 0. The van der Waals surface area contributed by atoms with Crippen molar-refractivity contribution >= 4 is 5.91 Å². The second kappa shape index (κ2) is 7.68. The Morgan fingerprint density at radius 1 is 1.36 bits per heavy atom. The summed E-state index contributed by atoms with van der Waals surface area (Å²) in [5, 5.41) is 4.03. The molecule has 0 N–H and O–H groups in total. The van der Waals surface area contributed by atoms with Crippen molar-refractivity contribution in [2.24, 2.45) is 0 Å². The van der Waals surface area contributed by atoms with Crippen LogP contribution in [-0.4, -0.2) is 40.6 Å². The maximum absolute atomic E-state index is 12.3. The molecule has 6 nitrogen and oxygen atoms in total. The first-order chi connectivity index (χ1) is 12.0. The molecule has 6 heteroatoms. The highest BCUT2D eigenvalue weighted by atomic mass is 16.5. The van der Waals surface area contributed by atoms with Crippen LogP contribution in [0.1, 0.15) is 55.8 Å². The van der Waals surface area contributed by atoms with Gasteiger partial charge in [0.15, 0.2) is 12.4 Å². The van der Waals surface area contributed by atoms with Crippen LogP contribution in [0.3, 0.4) is 0 Å². The molecule has 2 aromatic rings. The fourth-order valence-electron chi connectivity index (χ4n) is 2.96. The van der Waals surface area contributed by atoms with E-state index in [0.29, 0.717) is 19.0 Å². The monoisotopic (exact) mass is 343 g/mol. The van der Waals surface area contributed by atoms with Gasteiger partial charge >= 0.3 is 0 Å². The van der Waals surface area contributed by atoms with E-state index in [9.17, 15) is 4.79 Å². The predicted octanol–water partition coefficient (Wildman–Crippen LogP) is 3.29. The lowest BCUT2D eigenvalue weighted by molar-refractivity contribution is -0.134. The third-order valence-electron chi connectivity index (χ3n) is 4.52. The average molecular weight is 343 g/mol. The zero-order valence-corrected chi connectivity index (χ0v) is 15.1. The van der Waals surface area contributed by atoms with Gasteiger partial charge in [0, 0.05) is 24.9 Å². The summed E-state index contributed by atoms with van der Waals surface area (Å²) in [6, 6.07) is 7.73. The molecular formula is C19H25N3O3. The first-order valence-electron chi connectivity index (χ1n) is 8.83. The molecule has 1 aliphatic heterocycles. The smallest absolute Gasteiger partial charge is 0.260 e. The molecule has 2 heterocycles. The average Bonchev–Trinajstić information content (AvgIpc) is 3.10. The Bertz CT molecular complexity index is 718. The van der Waals surface area contributed by atoms with E-state index in [1.165, 1.54) is 0 Å². The van der Waals surface area contributed by atoms with E-state index < -0.39 is 0 Å². The zero-order valence-electron chi connectivity index (χ0n) is 15.1. The van der Waals surface area contributed by atoms with Crippen LogP contribution < -0.4 is 4.74 Å². The van der Waals surface area contributed by atoms with E-state index >= 15 is 0 Å². The SMILES string of the molecule is Cc1cccc(OCC(=O)N2CCC(c3nc(C(C)C)no3)CC2)c1. The minimum absolute atomic E-state index is 0.0216. The molecule has 0 saturated carbocycles. The Labute approximate surface area is 148 Å². The van der Waals surface area contributed by atoms with Crippen molar-refractivity contribution in [1.29, 1.82) is 0 Å². The van der Waals surface area contributed by atoms with Crippen molar-refractivity contribution in [3.05, 3.63) is 41.5 Å². The van der Waals surface area contributed by atoms with Crippen molar-refractivity contribution in [1.82, 2.24) is 15.0 Å². The summed E-state index contributed by atoms with van der Waals surface area (Å²) >= 11 is 0. The van der Waals surface area contributed by atoms with Gasteiger partial charge in [0.1, 0.15) is 5.75 Å². The van der Waals surface area contributed by atoms with Gasteiger partial charge in [0.05, 0.1) is 0 Å². The number of carbonyl (C=O) groups excluding carboxylic acids is 1. The topological polar surface area (TPSA) is 68.5 Å². The number of hydrogen-bond acceptors (Lipinski definition) is 5. The van der Waals surface area contributed by atoms with Crippen LogP contribution in [0.25, 0.3) is 0 Å². The predicted molar refractivity (Wildman–Crippen MR) is 93.6 cm³/mol.